The number of hydrogen-bond acceptors (Lipinski definition) is 2. The summed E-state index contributed by atoms with van der Waals surface area (Å²) in [6.07, 6.45) is -9.40. The van der Waals surface area contributed by atoms with Crippen LogP contribution in [-0.2, 0) is 23.7 Å². The second kappa shape index (κ2) is 6.60. The van der Waals surface area contributed by atoms with E-state index in [1.807, 2.05) is 0 Å². The molecule has 0 atom stereocenters. The van der Waals surface area contributed by atoms with Crippen LogP contribution in [0, 0.1) is 0 Å². The lowest BCUT2D eigenvalue weighted by Gasteiger charge is -2.13. The summed E-state index contributed by atoms with van der Waals surface area (Å²) in [6, 6.07) is 9.56. The summed E-state index contributed by atoms with van der Waals surface area (Å²) < 4.78 is 78.5. The molecule has 0 aliphatic heterocycles. The van der Waals surface area contributed by atoms with Crippen molar-refractivity contribution < 1.29 is 31.1 Å². The Labute approximate surface area is 148 Å². The zero-order valence-corrected chi connectivity index (χ0v) is 13.4. The van der Waals surface area contributed by atoms with Crippen LogP contribution in [0.5, 0.6) is 0 Å². The molecule has 0 saturated heterocycles. The van der Waals surface area contributed by atoms with Crippen molar-refractivity contribution in [3.8, 4) is 0 Å². The molecule has 3 rings (SSSR count). The number of nitrogens with one attached hydrogen (secondary N) is 1. The van der Waals surface area contributed by atoms with E-state index in [4.69, 9.17) is 0 Å². The Morgan fingerprint density at radius 3 is 2.33 bits per heavy atom. The number of hydrogen-bond donors (Lipinski definition) is 1. The Hall–Kier alpha value is -3.04. The van der Waals surface area contributed by atoms with E-state index in [1.54, 1.807) is 0 Å². The van der Waals surface area contributed by atoms with Gasteiger partial charge in [-0.25, -0.2) is 4.98 Å². The minimum absolute atomic E-state index is 0.0525. The molecule has 3 aromatic rings. The Balaban J connectivity index is 1.89. The number of fused-ring (bicyclic) bond motifs is 1. The molecule has 142 valence electrons. The van der Waals surface area contributed by atoms with Crippen LogP contribution >= 0.6 is 0 Å². The van der Waals surface area contributed by atoms with Crippen LogP contribution in [0.2, 0.25) is 0 Å². The Morgan fingerprint density at radius 2 is 1.67 bits per heavy atom. The molecule has 1 N–H and O–H groups in total. The summed E-state index contributed by atoms with van der Waals surface area (Å²) in [5, 5.41) is 2.18. The van der Waals surface area contributed by atoms with Gasteiger partial charge in [-0.3, -0.25) is 4.79 Å². The SMILES string of the molecule is O=C(Cn1c(C(F)(F)F)nc2ccccc21)Nc1cccc(C(F)(F)F)c1. The van der Waals surface area contributed by atoms with E-state index in [9.17, 15) is 31.1 Å². The van der Waals surface area contributed by atoms with Gasteiger partial charge in [0.2, 0.25) is 11.7 Å². The van der Waals surface area contributed by atoms with Crippen LogP contribution in [0.15, 0.2) is 48.5 Å². The predicted octanol–water partition coefficient (Wildman–Crippen LogP) is 4.71. The van der Waals surface area contributed by atoms with Crippen molar-refractivity contribution >= 4 is 22.6 Å². The minimum Gasteiger partial charge on any atom is -0.325 e. The summed E-state index contributed by atoms with van der Waals surface area (Å²) >= 11 is 0. The van der Waals surface area contributed by atoms with E-state index < -0.39 is 36.2 Å². The number of halogens is 6. The fourth-order valence-corrected chi connectivity index (χ4v) is 2.57. The molecule has 0 aliphatic rings. The first-order chi connectivity index (χ1) is 12.6. The molecule has 1 amide bonds. The normalized spacial score (nSPS) is 12.4. The summed E-state index contributed by atoms with van der Waals surface area (Å²) in [6.45, 7) is -0.758. The number of benzene rings is 2. The average Bonchev–Trinajstić information content (AvgIpc) is 2.93. The van der Waals surface area contributed by atoms with Gasteiger partial charge in [-0.15, -0.1) is 0 Å². The van der Waals surface area contributed by atoms with Gasteiger partial charge in [-0.05, 0) is 30.3 Å². The highest BCUT2D eigenvalue weighted by molar-refractivity contribution is 5.91. The number of anilines is 1. The summed E-state index contributed by atoms with van der Waals surface area (Å²) in [4.78, 5) is 15.7. The fraction of sp³-hybridized carbons (Fsp3) is 0.176. The van der Waals surface area contributed by atoms with Crippen molar-refractivity contribution in [3.05, 3.63) is 59.9 Å². The molecular weight excluding hydrogens is 376 g/mol. The lowest BCUT2D eigenvalue weighted by molar-refractivity contribution is -0.147. The van der Waals surface area contributed by atoms with Crippen LogP contribution in [0.25, 0.3) is 11.0 Å². The molecule has 0 spiro atoms. The molecule has 0 bridgehead atoms. The van der Waals surface area contributed by atoms with Crippen molar-refractivity contribution in [2.24, 2.45) is 0 Å². The summed E-state index contributed by atoms with van der Waals surface area (Å²) in [5.74, 6) is -2.18. The van der Waals surface area contributed by atoms with Crippen LogP contribution in [0.4, 0.5) is 32.0 Å². The molecule has 0 saturated carbocycles. The number of carbonyl (C=O) groups is 1. The third kappa shape index (κ3) is 4.04. The van der Waals surface area contributed by atoms with Crippen molar-refractivity contribution in [2.75, 3.05) is 5.32 Å². The maximum atomic E-state index is 13.2. The second-order valence-electron chi connectivity index (χ2n) is 5.63. The van der Waals surface area contributed by atoms with Crippen molar-refractivity contribution in [3.63, 3.8) is 0 Å². The topological polar surface area (TPSA) is 46.9 Å². The summed E-state index contributed by atoms with van der Waals surface area (Å²) in [7, 11) is 0. The standard InChI is InChI=1S/C17H11F6N3O/c18-16(19,20)10-4-3-5-11(8-10)24-14(27)9-26-13-7-2-1-6-12(13)25-15(26)17(21,22)23/h1-8H,9H2,(H,24,27). The number of imidazole rings is 1. The predicted molar refractivity (Wildman–Crippen MR) is 84.8 cm³/mol. The molecule has 27 heavy (non-hydrogen) atoms. The highest BCUT2D eigenvalue weighted by Gasteiger charge is 2.38. The zero-order valence-electron chi connectivity index (χ0n) is 13.4. The first kappa shape index (κ1) is 18.7. The number of amides is 1. The monoisotopic (exact) mass is 387 g/mol. The van der Waals surface area contributed by atoms with Gasteiger partial charge in [0.15, 0.2) is 0 Å². The molecule has 0 fully saturated rings. The van der Waals surface area contributed by atoms with Crippen LogP contribution in [0.1, 0.15) is 11.4 Å². The van der Waals surface area contributed by atoms with E-state index in [-0.39, 0.29) is 16.7 Å². The molecular formula is C17H11F6N3O. The van der Waals surface area contributed by atoms with Gasteiger partial charge in [-0.1, -0.05) is 18.2 Å². The largest absolute Gasteiger partial charge is 0.449 e. The Kier molecular flexibility index (Phi) is 4.58. The highest BCUT2D eigenvalue weighted by atomic mass is 19.4. The molecule has 2 aromatic carbocycles. The smallest absolute Gasteiger partial charge is 0.325 e. The quantitative estimate of drug-likeness (QED) is 0.662. The second-order valence-corrected chi connectivity index (χ2v) is 5.63. The fourth-order valence-electron chi connectivity index (χ4n) is 2.57. The lowest BCUT2D eigenvalue weighted by atomic mass is 10.2. The first-order valence-corrected chi connectivity index (χ1v) is 7.55. The van der Waals surface area contributed by atoms with Crippen molar-refractivity contribution in [2.45, 2.75) is 18.9 Å². The van der Waals surface area contributed by atoms with Crippen molar-refractivity contribution in [1.82, 2.24) is 9.55 Å². The Morgan fingerprint density at radius 1 is 0.963 bits per heavy atom. The van der Waals surface area contributed by atoms with E-state index in [2.05, 4.69) is 10.3 Å². The average molecular weight is 387 g/mol. The molecule has 0 aliphatic carbocycles. The number of carbonyl (C=O) groups excluding carboxylic acids is 1. The van der Waals surface area contributed by atoms with E-state index in [0.29, 0.717) is 10.6 Å². The van der Waals surface area contributed by atoms with E-state index in [1.165, 1.54) is 30.3 Å². The number of rotatable bonds is 3. The maximum absolute atomic E-state index is 13.2. The van der Waals surface area contributed by atoms with Gasteiger partial charge in [0.1, 0.15) is 6.54 Å². The molecule has 1 aromatic heterocycles. The zero-order chi connectivity index (χ0) is 19.8. The molecule has 0 unspecified atom stereocenters. The van der Waals surface area contributed by atoms with Crippen LogP contribution in [0.3, 0.4) is 0 Å². The van der Waals surface area contributed by atoms with Gasteiger partial charge < -0.3 is 9.88 Å². The first-order valence-electron chi connectivity index (χ1n) is 7.55. The maximum Gasteiger partial charge on any atom is 0.449 e. The van der Waals surface area contributed by atoms with Gasteiger partial charge in [0.05, 0.1) is 16.6 Å². The number of para-hydroxylation sites is 2. The number of alkyl halides is 6. The molecule has 10 heteroatoms. The lowest BCUT2D eigenvalue weighted by Crippen LogP contribution is -2.23. The molecule has 0 radical (unpaired) electrons. The summed E-state index contributed by atoms with van der Waals surface area (Å²) in [5.41, 5.74) is -1.02. The molecule has 1 heterocycles. The third-order valence-electron chi connectivity index (χ3n) is 3.68. The van der Waals surface area contributed by atoms with Gasteiger partial charge in [-0.2, -0.15) is 26.3 Å². The Bertz CT molecular complexity index is 990. The number of nitrogens with zero attached hydrogens (tertiary/aromatic N) is 2. The van der Waals surface area contributed by atoms with Gasteiger partial charge in [0, 0.05) is 5.69 Å². The van der Waals surface area contributed by atoms with Gasteiger partial charge in [0.25, 0.3) is 0 Å². The number of aromatic nitrogens is 2. The van der Waals surface area contributed by atoms with Crippen LogP contribution in [-0.4, -0.2) is 15.5 Å². The minimum atomic E-state index is -4.80. The molecule has 4 nitrogen and oxygen atoms in total. The van der Waals surface area contributed by atoms with Gasteiger partial charge >= 0.3 is 12.4 Å². The van der Waals surface area contributed by atoms with Crippen molar-refractivity contribution in [1.29, 1.82) is 0 Å². The van der Waals surface area contributed by atoms with Crippen LogP contribution < -0.4 is 5.32 Å². The van der Waals surface area contributed by atoms with E-state index >= 15 is 0 Å². The van der Waals surface area contributed by atoms with E-state index in [0.717, 1.165) is 12.1 Å². The highest BCUT2D eigenvalue weighted by Crippen LogP contribution is 2.32. The third-order valence-corrected chi connectivity index (χ3v) is 3.68.